The number of methoxy groups -OCH3 is 1. The Hall–Kier alpha value is -3.39. The van der Waals surface area contributed by atoms with E-state index in [2.05, 4.69) is 0 Å². The van der Waals surface area contributed by atoms with E-state index in [-0.39, 0.29) is 25.8 Å². The van der Waals surface area contributed by atoms with E-state index in [1.165, 1.54) is 4.90 Å². The van der Waals surface area contributed by atoms with E-state index >= 15 is 0 Å². The average Bonchev–Trinajstić information content (AvgIpc) is 3.07. The molecule has 3 rings (SSSR count). The van der Waals surface area contributed by atoms with Crippen molar-refractivity contribution in [3.8, 4) is 5.75 Å². The number of nitrogens with zero attached hydrogens (tertiary/aromatic N) is 2. The van der Waals surface area contributed by atoms with Gasteiger partial charge in [0.1, 0.15) is 11.8 Å². The topological polar surface area (TPSA) is 104 Å². The van der Waals surface area contributed by atoms with Crippen LogP contribution in [0.1, 0.15) is 24.8 Å². The van der Waals surface area contributed by atoms with Gasteiger partial charge >= 0.3 is 5.97 Å². The molecule has 168 valence electrons. The Morgan fingerprint density at radius 1 is 1.09 bits per heavy atom. The summed E-state index contributed by atoms with van der Waals surface area (Å²) in [4.78, 5) is 51.9. The highest BCUT2D eigenvalue weighted by molar-refractivity contribution is 6.30. The summed E-state index contributed by atoms with van der Waals surface area (Å²) in [6.07, 6.45) is -0.338. The fourth-order valence-corrected chi connectivity index (χ4v) is 3.70. The number of rotatable bonds is 9. The van der Waals surface area contributed by atoms with E-state index in [1.54, 1.807) is 43.5 Å². The number of anilines is 1. The Bertz CT molecular complexity index is 1010. The maximum Gasteiger partial charge on any atom is 0.303 e. The number of imide groups is 1. The molecular weight excluding hydrogens is 436 g/mol. The summed E-state index contributed by atoms with van der Waals surface area (Å²) in [7, 11) is 1.56. The maximum absolute atomic E-state index is 13.1. The van der Waals surface area contributed by atoms with Crippen molar-refractivity contribution >= 4 is 41.0 Å². The molecule has 8 nitrogen and oxygen atoms in total. The summed E-state index contributed by atoms with van der Waals surface area (Å²) in [6, 6.07) is 12.6. The van der Waals surface area contributed by atoms with Gasteiger partial charge in [-0.3, -0.25) is 19.2 Å². The number of benzene rings is 2. The summed E-state index contributed by atoms with van der Waals surface area (Å²) in [5.74, 6) is -1.84. The SMILES string of the molecule is COc1ccc(CCN(C(=O)CCC(=O)O)C2CC(=O)N(c3ccc(Cl)cc3)C2=O)cc1. The highest BCUT2D eigenvalue weighted by Crippen LogP contribution is 2.27. The van der Waals surface area contributed by atoms with Crippen LogP contribution in [0.15, 0.2) is 48.5 Å². The van der Waals surface area contributed by atoms with Crippen molar-refractivity contribution < 1.29 is 29.0 Å². The minimum absolute atomic E-state index is 0.164. The zero-order valence-electron chi connectivity index (χ0n) is 17.5. The Morgan fingerprint density at radius 2 is 1.75 bits per heavy atom. The molecule has 1 atom stereocenters. The number of carboxylic acids is 1. The lowest BCUT2D eigenvalue weighted by atomic mass is 10.1. The number of hydrogen-bond donors (Lipinski definition) is 1. The number of carbonyl (C=O) groups excluding carboxylic acids is 3. The van der Waals surface area contributed by atoms with Crippen molar-refractivity contribution in [3.05, 3.63) is 59.1 Å². The van der Waals surface area contributed by atoms with Gasteiger partial charge < -0.3 is 14.7 Å². The van der Waals surface area contributed by atoms with Crippen LogP contribution in [0, 0.1) is 0 Å². The van der Waals surface area contributed by atoms with Gasteiger partial charge in [-0.25, -0.2) is 4.90 Å². The van der Waals surface area contributed by atoms with Gasteiger partial charge in [-0.15, -0.1) is 0 Å². The number of amides is 3. The van der Waals surface area contributed by atoms with E-state index in [9.17, 15) is 19.2 Å². The number of halogens is 1. The first-order valence-electron chi connectivity index (χ1n) is 10.1. The number of hydrogen-bond acceptors (Lipinski definition) is 5. The van der Waals surface area contributed by atoms with E-state index in [1.807, 2.05) is 12.1 Å². The predicted molar refractivity (Wildman–Crippen MR) is 118 cm³/mol. The lowest BCUT2D eigenvalue weighted by molar-refractivity contribution is -0.143. The van der Waals surface area contributed by atoms with Crippen LogP contribution < -0.4 is 9.64 Å². The average molecular weight is 459 g/mol. The van der Waals surface area contributed by atoms with Crippen molar-refractivity contribution in [2.75, 3.05) is 18.6 Å². The van der Waals surface area contributed by atoms with Crippen molar-refractivity contribution in [2.45, 2.75) is 31.7 Å². The third-order valence-electron chi connectivity index (χ3n) is 5.26. The molecule has 1 aliphatic heterocycles. The van der Waals surface area contributed by atoms with Crippen molar-refractivity contribution in [2.24, 2.45) is 0 Å². The zero-order chi connectivity index (χ0) is 23.3. The standard InChI is InChI=1S/C23H23ClN2O6/c1-32-18-8-2-15(3-9-18)12-13-25(20(27)10-11-22(29)30)19-14-21(28)26(23(19)31)17-6-4-16(24)5-7-17/h2-9,19H,10-14H2,1H3,(H,29,30). The smallest absolute Gasteiger partial charge is 0.303 e. The molecule has 1 fully saturated rings. The fraction of sp³-hybridized carbons (Fsp3) is 0.304. The normalized spacial score (nSPS) is 15.7. The number of carbonyl (C=O) groups is 4. The Balaban J connectivity index is 1.80. The molecule has 32 heavy (non-hydrogen) atoms. The quantitative estimate of drug-likeness (QED) is 0.579. The molecule has 1 N–H and O–H groups in total. The molecule has 3 amide bonds. The molecule has 2 aromatic rings. The number of ether oxygens (including phenoxy) is 1. The van der Waals surface area contributed by atoms with Crippen LogP contribution in [0.25, 0.3) is 0 Å². The van der Waals surface area contributed by atoms with Gasteiger partial charge in [-0.05, 0) is 48.4 Å². The van der Waals surface area contributed by atoms with Gasteiger partial charge in [0.2, 0.25) is 11.8 Å². The van der Waals surface area contributed by atoms with Crippen molar-refractivity contribution in [3.63, 3.8) is 0 Å². The third kappa shape index (κ3) is 5.45. The van der Waals surface area contributed by atoms with E-state index in [0.29, 0.717) is 22.9 Å². The van der Waals surface area contributed by atoms with Crippen LogP contribution in [0.3, 0.4) is 0 Å². The van der Waals surface area contributed by atoms with Gasteiger partial charge in [0.25, 0.3) is 5.91 Å². The molecule has 0 saturated carbocycles. The monoisotopic (exact) mass is 458 g/mol. The van der Waals surface area contributed by atoms with Crippen LogP contribution in [0.4, 0.5) is 5.69 Å². The second-order valence-electron chi connectivity index (χ2n) is 7.34. The van der Waals surface area contributed by atoms with Gasteiger partial charge in [0.05, 0.1) is 25.6 Å². The minimum atomic E-state index is -1.11. The molecule has 0 aliphatic carbocycles. The van der Waals surface area contributed by atoms with Crippen LogP contribution >= 0.6 is 11.6 Å². The molecule has 1 unspecified atom stereocenters. The molecule has 1 heterocycles. The molecule has 0 bridgehead atoms. The third-order valence-corrected chi connectivity index (χ3v) is 5.51. The first-order chi connectivity index (χ1) is 15.3. The van der Waals surface area contributed by atoms with E-state index in [0.717, 1.165) is 10.5 Å². The maximum atomic E-state index is 13.1. The summed E-state index contributed by atoms with van der Waals surface area (Å²) in [6.45, 7) is 0.170. The Labute approximate surface area is 190 Å². The molecule has 0 radical (unpaired) electrons. The predicted octanol–water partition coefficient (Wildman–Crippen LogP) is 2.92. The molecule has 1 aliphatic rings. The molecule has 0 aromatic heterocycles. The van der Waals surface area contributed by atoms with Crippen LogP contribution in [-0.4, -0.2) is 53.4 Å². The second kappa shape index (κ2) is 10.3. The Kier molecular flexibility index (Phi) is 7.48. The van der Waals surface area contributed by atoms with Gasteiger partial charge in [0.15, 0.2) is 0 Å². The van der Waals surface area contributed by atoms with Crippen LogP contribution in [0.2, 0.25) is 5.02 Å². The van der Waals surface area contributed by atoms with E-state index in [4.69, 9.17) is 21.4 Å². The lowest BCUT2D eigenvalue weighted by Gasteiger charge is -2.27. The van der Waals surface area contributed by atoms with E-state index < -0.39 is 29.7 Å². The molecular formula is C23H23ClN2O6. The number of carboxylic acid groups (broad SMARTS) is 1. The molecule has 9 heteroatoms. The first-order valence-corrected chi connectivity index (χ1v) is 10.4. The summed E-state index contributed by atoms with van der Waals surface area (Å²) >= 11 is 5.89. The summed E-state index contributed by atoms with van der Waals surface area (Å²) < 4.78 is 5.14. The van der Waals surface area contributed by atoms with Gasteiger partial charge in [0, 0.05) is 18.0 Å². The highest BCUT2D eigenvalue weighted by atomic mass is 35.5. The lowest BCUT2D eigenvalue weighted by Crippen LogP contribution is -2.46. The second-order valence-corrected chi connectivity index (χ2v) is 7.78. The largest absolute Gasteiger partial charge is 0.497 e. The van der Waals surface area contributed by atoms with Gasteiger partial charge in [-0.1, -0.05) is 23.7 Å². The molecule has 1 saturated heterocycles. The summed E-state index contributed by atoms with van der Waals surface area (Å²) in [5.41, 5.74) is 1.29. The zero-order valence-corrected chi connectivity index (χ0v) is 18.2. The minimum Gasteiger partial charge on any atom is -0.497 e. The fourth-order valence-electron chi connectivity index (χ4n) is 3.57. The summed E-state index contributed by atoms with van der Waals surface area (Å²) in [5, 5.41) is 9.42. The Morgan fingerprint density at radius 3 is 2.34 bits per heavy atom. The van der Waals surface area contributed by atoms with Crippen LogP contribution in [0.5, 0.6) is 5.75 Å². The first kappa shape index (κ1) is 23.3. The molecule has 0 spiro atoms. The van der Waals surface area contributed by atoms with Crippen molar-refractivity contribution in [1.82, 2.24) is 4.90 Å². The van der Waals surface area contributed by atoms with Crippen molar-refractivity contribution in [1.29, 1.82) is 0 Å². The van der Waals surface area contributed by atoms with Crippen LogP contribution in [-0.2, 0) is 25.6 Å². The number of aliphatic carboxylic acids is 1. The van der Waals surface area contributed by atoms with Gasteiger partial charge in [-0.2, -0.15) is 0 Å². The molecule has 2 aromatic carbocycles. The highest BCUT2D eigenvalue weighted by Gasteiger charge is 2.44.